The number of nitrogens with one attached hydrogen (secondary N) is 1. The number of carboxylic acids is 1. The average molecular weight is 274 g/mol. The molecule has 0 aromatic rings. The summed E-state index contributed by atoms with van der Waals surface area (Å²) in [7, 11) is 1.58. The Morgan fingerprint density at radius 2 is 2.16 bits per heavy atom. The molecule has 7 nitrogen and oxygen atoms in total. The molecule has 0 bridgehead atoms. The van der Waals surface area contributed by atoms with Gasteiger partial charge in [0.25, 0.3) is 0 Å². The third kappa shape index (κ3) is 5.04. The lowest BCUT2D eigenvalue weighted by molar-refractivity contribution is -0.141. The first kappa shape index (κ1) is 15.7. The van der Waals surface area contributed by atoms with Crippen molar-refractivity contribution >= 4 is 12.0 Å². The fraction of sp³-hybridized carbons (Fsp3) is 0.833. The zero-order valence-corrected chi connectivity index (χ0v) is 11.3. The van der Waals surface area contributed by atoms with E-state index in [0.29, 0.717) is 13.2 Å². The number of likely N-dealkylation sites (N-methyl/N-ethyl adjacent to an activating group) is 1. The fourth-order valence-corrected chi connectivity index (χ4v) is 1.97. The van der Waals surface area contributed by atoms with Gasteiger partial charge in [0.2, 0.25) is 0 Å². The molecule has 1 heterocycles. The van der Waals surface area contributed by atoms with Crippen LogP contribution in [0.2, 0.25) is 0 Å². The number of rotatable bonds is 5. The van der Waals surface area contributed by atoms with E-state index in [-0.39, 0.29) is 6.10 Å². The number of carbonyl (C=O) groups excluding carboxylic acids is 1. The van der Waals surface area contributed by atoms with Crippen molar-refractivity contribution in [1.82, 2.24) is 10.2 Å². The number of urea groups is 1. The van der Waals surface area contributed by atoms with Gasteiger partial charge >= 0.3 is 12.0 Å². The van der Waals surface area contributed by atoms with Crippen molar-refractivity contribution in [3.63, 3.8) is 0 Å². The summed E-state index contributed by atoms with van der Waals surface area (Å²) in [6.07, 6.45) is 1.86. The fourth-order valence-electron chi connectivity index (χ4n) is 1.97. The number of aliphatic hydroxyl groups is 1. The Balaban J connectivity index is 2.44. The van der Waals surface area contributed by atoms with E-state index in [1.807, 2.05) is 0 Å². The van der Waals surface area contributed by atoms with Gasteiger partial charge in [-0.05, 0) is 26.2 Å². The van der Waals surface area contributed by atoms with E-state index >= 15 is 0 Å². The lowest BCUT2D eigenvalue weighted by Crippen LogP contribution is -2.52. The van der Waals surface area contributed by atoms with Crippen LogP contribution in [0.4, 0.5) is 4.79 Å². The molecule has 110 valence electrons. The van der Waals surface area contributed by atoms with E-state index in [1.54, 1.807) is 7.05 Å². The first-order chi connectivity index (χ1) is 8.91. The molecule has 1 rings (SSSR count). The van der Waals surface area contributed by atoms with Crippen LogP contribution in [0.5, 0.6) is 0 Å². The molecule has 1 aliphatic heterocycles. The number of hydrogen-bond donors (Lipinski definition) is 3. The number of carboxylic acid groups (broad SMARTS) is 1. The second kappa shape index (κ2) is 7.30. The molecule has 1 saturated heterocycles. The first-order valence-corrected chi connectivity index (χ1v) is 6.46. The van der Waals surface area contributed by atoms with Crippen LogP contribution in [-0.4, -0.2) is 65.6 Å². The molecule has 0 spiro atoms. The molecular weight excluding hydrogens is 252 g/mol. The minimum Gasteiger partial charge on any atom is -0.480 e. The minimum atomic E-state index is -1.30. The highest BCUT2D eigenvalue weighted by molar-refractivity contribution is 5.82. The van der Waals surface area contributed by atoms with E-state index < -0.39 is 24.1 Å². The number of hydrogen-bond acceptors (Lipinski definition) is 4. The third-order valence-electron chi connectivity index (χ3n) is 3.13. The highest BCUT2D eigenvalue weighted by atomic mass is 16.5. The smallest absolute Gasteiger partial charge is 0.328 e. The second-order valence-electron chi connectivity index (χ2n) is 4.88. The highest BCUT2D eigenvalue weighted by Crippen LogP contribution is 2.13. The molecule has 0 aliphatic carbocycles. The average Bonchev–Trinajstić information content (AvgIpc) is 2.35. The van der Waals surface area contributed by atoms with Crippen LogP contribution < -0.4 is 5.32 Å². The second-order valence-corrected chi connectivity index (χ2v) is 4.88. The summed E-state index contributed by atoms with van der Waals surface area (Å²) in [6.45, 7) is 2.44. The largest absolute Gasteiger partial charge is 0.480 e. The summed E-state index contributed by atoms with van der Waals surface area (Å²) >= 11 is 0. The van der Waals surface area contributed by atoms with Crippen LogP contribution in [0.15, 0.2) is 0 Å². The van der Waals surface area contributed by atoms with Gasteiger partial charge in [-0.1, -0.05) is 0 Å². The maximum absolute atomic E-state index is 11.8. The number of carbonyl (C=O) groups is 2. The van der Waals surface area contributed by atoms with Gasteiger partial charge in [-0.15, -0.1) is 0 Å². The molecule has 3 unspecified atom stereocenters. The topological polar surface area (TPSA) is 99.1 Å². The molecule has 7 heteroatoms. The van der Waals surface area contributed by atoms with Gasteiger partial charge in [0, 0.05) is 20.2 Å². The van der Waals surface area contributed by atoms with Gasteiger partial charge in [0.05, 0.1) is 12.2 Å². The van der Waals surface area contributed by atoms with Crippen molar-refractivity contribution in [3.05, 3.63) is 0 Å². The van der Waals surface area contributed by atoms with Crippen molar-refractivity contribution in [2.75, 3.05) is 20.2 Å². The summed E-state index contributed by atoms with van der Waals surface area (Å²) in [5.41, 5.74) is 0. The number of ether oxygens (including phenoxy) is 1. The molecular formula is C12H22N2O5. The molecule has 1 aliphatic rings. The molecule has 19 heavy (non-hydrogen) atoms. The van der Waals surface area contributed by atoms with Crippen molar-refractivity contribution in [2.24, 2.45) is 0 Å². The number of amides is 2. The highest BCUT2D eigenvalue weighted by Gasteiger charge is 2.27. The van der Waals surface area contributed by atoms with Gasteiger partial charge in [-0.3, -0.25) is 0 Å². The van der Waals surface area contributed by atoms with Gasteiger partial charge in [-0.2, -0.15) is 0 Å². The molecule has 3 N–H and O–H groups in total. The zero-order valence-electron chi connectivity index (χ0n) is 11.3. The number of aliphatic hydroxyl groups excluding tert-OH is 1. The number of nitrogens with zero attached hydrogens (tertiary/aromatic N) is 1. The summed E-state index contributed by atoms with van der Waals surface area (Å²) in [6, 6.07) is -1.83. The van der Waals surface area contributed by atoms with Crippen LogP contribution >= 0.6 is 0 Å². The Morgan fingerprint density at radius 3 is 2.63 bits per heavy atom. The Morgan fingerprint density at radius 1 is 1.47 bits per heavy atom. The third-order valence-corrected chi connectivity index (χ3v) is 3.13. The van der Waals surface area contributed by atoms with Crippen LogP contribution in [-0.2, 0) is 9.53 Å². The minimum absolute atomic E-state index is 0.000622. The van der Waals surface area contributed by atoms with Gasteiger partial charge in [0.1, 0.15) is 0 Å². The molecule has 2 amide bonds. The normalized spacial score (nSPS) is 22.4. The molecule has 3 atom stereocenters. The van der Waals surface area contributed by atoms with Crippen LogP contribution in [0, 0.1) is 0 Å². The van der Waals surface area contributed by atoms with E-state index in [0.717, 1.165) is 19.3 Å². The van der Waals surface area contributed by atoms with Crippen molar-refractivity contribution in [1.29, 1.82) is 0 Å². The van der Waals surface area contributed by atoms with Crippen molar-refractivity contribution < 1.29 is 24.5 Å². The maximum atomic E-state index is 11.8. The number of aliphatic carboxylic acids is 1. The Hall–Kier alpha value is -1.34. The van der Waals surface area contributed by atoms with E-state index in [9.17, 15) is 14.7 Å². The Kier molecular flexibility index (Phi) is 6.04. The van der Waals surface area contributed by atoms with Crippen molar-refractivity contribution in [2.45, 2.75) is 44.4 Å². The lowest BCUT2D eigenvalue weighted by Gasteiger charge is -2.28. The van der Waals surface area contributed by atoms with Gasteiger partial charge in [-0.25, -0.2) is 9.59 Å². The predicted molar refractivity (Wildman–Crippen MR) is 67.9 cm³/mol. The molecule has 0 aromatic carbocycles. The molecule has 0 aromatic heterocycles. The standard InChI is InChI=1S/C12H22N2O5/c1-8(15)10(11(16)17)13-12(18)14(2)7-9-5-3-4-6-19-9/h8-10,15H,3-7H2,1-2H3,(H,13,18)(H,16,17). The van der Waals surface area contributed by atoms with E-state index in [2.05, 4.69) is 5.32 Å². The van der Waals surface area contributed by atoms with Crippen LogP contribution in [0.3, 0.4) is 0 Å². The Bertz CT molecular complexity index is 315. The first-order valence-electron chi connectivity index (χ1n) is 6.46. The van der Waals surface area contributed by atoms with E-state index in [1.165, 1.54) is 11.8 Å². The summed E-state index contributed by atoms with van der Waals surface area (Å²) in [4.78, 5) is 24.1. The van der Waals surface area contributed by atoms with Gasteiger partial charge in [0.15, 0.2) is 6.04 Å². The monoisotopic (exact) mass is 274 g/mol. The van der Waals surface area contributed by atoms with Crippen molar-refractivity contribution in [3.8, 4) is 0 Å². The zero-order chi connectivity index (χ0) is 14.4. The summed E-state index contributed by atoms with van der Waals surface area (Å²) in [5.74, 6) is -1.26. The Labute approximate surface area is 112 Å². The quantitative estimate of drug-likeness (QED) is 0.657. The van der Waals surface area contributed by atoms with Crippen LogP contribution in [0.1, 0.15) is 26.2 Å². The van der Waals surface area contributed by atoms with Gasteiger partial charge < -0.3 is 25.2 Å². The lowest BCUT2D eigenvalue weighted by atomic mass is 10.1. The van der Waals surface area contributed by atoms with Crippen LogP contribution in [0.25, 0.3) is 0 Å². The molecule has 1 fully saturated rings. The summed E-state index contributed by atoms with van der Waals surface area (Å²) in [5, 5.41) is 20.5. The van der Waals surface area contributed by atoms with E-state index in [4.69, 9.17) is 9.84 Å². The summed E-state index contributed by atoms with van der Waals surface area (Å²) < 4.78 is 5.51. The SMILES string of the molecule is CC(O)C(NC(=O)N(C)CC1CCCCO1)C(=O)O. The molecule has 0 saturated carbocycles. The maximum Gasteiger partial charge on any atom is 0.328 e. The predicted octanol–water partition coefficient (Wildman–Crippen LogP) is 0.0309. The molecule has 0 radical (unpaired) electrons.